The van der Waals surface area contributed by atoms with E-state index in [-0.39, 0.29) is 6.04 Å². The Labute approximate surface area is 159 Å². The van der Waals surface area contributed by atoms with Crippen LogP contribution >= 0.6 is 0 Å². The van der Waals surface area contributed by atoms with Gasteiger partial charge in [-0.3, -0.25) is 5.32 Å². The summed E-state index contributed by atoms with van der Waals surface area (Å²) in [6, 6.07) is 8.59. The minimum Gasteiger partial charge on any atom is -0.497 e. The Kier molecular flexibility index (Phi) is 10.0. The van der Waals surface area contributed by atoms with Crippen molar-refractivity contribution in [1.82, 2.24) is 10.2 Å². The highest BCUT2D eigenvalue weighted by molar-refractivity contribution is 5.27. The Morgan fingerprint density at radius 2 is 1.77 bits per heavy atom. The van der Waals surface area contributed by atoms with Crippen LogP contribution in [0.25, 0.3) is 0 Å². The third kappa shape index (κ3) is 8.07. The first-order chi connectivity index (χ1) is 12.7. The summed E-state index contributed by atoms with van der Waals surface area (Å²) in [5.74, 6) is 0.893. The fourth-order valence-electron chi connectivity index (χ4n) is 3.80. The molecule has 0 saturated carbocycles. The third-order valence-corrected chi connectivity index (χ3v) is 5.33. The molecule has 1 aliphatic heterocycles. The maximum atomic E-state index is 10.5. The molecule has 0 aliphatic carbocycles. The van der Waals surface area contributed by atoms with Crippen molar-refractivity contribution >= 4 is 0 Å². The molecule has 1 aliphatic rings. The lowest BCUT2D eigenvalue weighted by Crippen LogP contribution is -2.46. The van der Waals surface area contributed by atoms with Crippen molar-refractivity contribution in [1.29, 1.82) is 0 Å². The number of methoxy groups -OCH3 is 1. The molecular formula is C22H38N2O2. The van der Waals surface area contributed by atoms with E-state index in [0.29, 0.717) is 0 Å². The number of nitrogens with zero attached hydrogens (tertiary/aromatic N) is 1. The van der Waals surface area contributed by atoms with Gasteiger partial charge in [-0.1, -0.05) is 44.7 Å². The van der Waals surface area contributed by atoms with Gasteiger partial charge in [0.25, 0.3) is 0 Å². The van der Waals surface area contributed by atoms with Gasteiger partial charge in [-0.2, -0.15) is 0 Å². The van der Waals surface area contributed by atoms with Crippen LogP contribution in [0.4, 0.5) is 0 Å². The predicted molar refractivity (Wildman–Crippen MR) is 109 cm³/mol. The number of aliphatic hydroxyl groups excluding tert-OH is 1. The third-order valence-electron chi connectivity index (χ3n) is 5.33. The van der Waals surface area contributed by atoms with Gasteiger partial charge in [-0.05, 0) is 62.9 Å². The molecule has 0 spiro atoms. The lowest BCUT2D eigenvalue weighted by Gasteiger charge is -2.27. The number of benzene rings is 1. The monoisotopic (exact) mass is 362 g/mol. The van der Waals surface area contributed by atoms with E-state index in [4.69, 9.17) is 4.74 Å². The zero-order chi connectivity index (χ0) is 18.6. The average Bonchev–Trinajstić information content (AvgIpc) is 3.15. The molecule has 1 saturated heterocycles. The molecule has 4 heteroatoms. The number of hydrogen-bond donors (Lipinski definition) is 2. The molecule has 4 nitrogen and oxygen atoms in total. The maximum Gasteiger partial charge on any atom is 0.118 e. The Morgan fingerprint density at radius 3 is 2.42 bits per heavy atom. The van der Waals surface area contributed by atoms with Crippen LogP contribution < -0.4 is 10.1 Å². The van der Waals surface area contributed by atoms with Crippen LogP contribution in [0.3, 0.4) is 0 Å². The van der Waals surface area contributed by atoms with E-state index in [1.165, 1.54) is 57.2 Å². The van der Waals surface area contributed by atoms with Crippen molar-refractivity contribution < 1.29 is 9.84 Å². The number of nitrogens with one attached hydrogen (secondary N) is 1. The van der Waals surface area contributed by atoms with Crippen LogP contribution in [0.2, 0.25) is 0 Å². The van der Waals surface area contributed by atoms with Gasteiger partial charge in [-0.15, -0.1) is 0 Å². The van der Waals surface area contributed by atoms with Gasteiger partial charge < -0.3 is 14.7 Å². The molecule has 0 radical (unpaired) electrons. The van der Waals surface area contributed by atoms with Crippen LogP contribution in [0.5, 0.6) is 5.75 Å². The summed E-state index contributed by atoms with van der Waals surface area (Å²) in [6.07, 6.45) is 10.2. The zero-order valence-corrected chi connectivity index (χ0v) is 16.8. The molecule has 0 bridgehead atoms. The highest BCUT2D eigenvalue weighted by Crippen LogP contribution is 2.15. The van der Waals surface area contributed by atoms with Gasteiger partial charge in [0, 0.05) is 12.6 Å². The summed E-state index contributed by atoms with van der Waals surface area (Å²) < 4.78 is 5.25. The Hall–Kier alpha value is -1.10. The quantitative estimate of drug-likeness (QED) is 0.412. The van der Waals surface area contributed by atoms with Crippen LogP contribution in [0.1, 0.15) is 63.9 Å². The normalized spacial score (nSPS) is 17.3. The summed E-state index contributed by atoms with van der Waals surface area (Å²) in [6.45, 7) is 5.62. The predicted octanol–water partition coefficient (Wildman–Crippen LogP) is 3.97. The molecule has 1 unspecified atom stereocenters. The minimum atomic E-state index is -0.400. The maximum absolute atomic E-state index is 10.5. The van der Waals surface area contributed by atoms with Crippen LogP contribution in [-0.2, 0) is 6.42 Å². The number of rotatable bonds is 13. The highest BCUT2D eigenvalue weighted by Gasteiger charge is 2.20. The Morgan fingerprint density at radius 1 is 1.08 bits per heavy atom. The van der Waals surface area contributed by atoms with E-state index in [0.717, 1.165) is 31.6 Å². The minimum absolute atomic E-state index is 0.284. The fourth-order valence-corrected chi connectivity index (χ4v) is 3.80. The van der Waals surface area contributed by atoms with Crippen molar-refractivity contribution in [2.45, 2.75) is 77.0 Å². The lowest BCUT2D eigenvalue weighted by atomic mass is 10.0. The summed E-state index contributed by atoms with van der Waals surface area (Å²) in [5, 5.41) is 14.0. The molecule has 1 fully saturated rings. The molecule has 1 heterocycles. The molecular weight excluding hydrogens is 324 g/mol. The lowest BCUT2D eigenvalue weighted by molar-refractivity contribution is 0.101. The van der Waals surface area contributed by atoms with Crippen molar-refractivity contribution in [2.24, 2.45) is 0 Å². The first-order valence-corrected chi connectivity index (χ1v) is 10.5. The van der Waals surface area contributed by atoms with Gasteiger partial charge in [-0.25, -0.2) is 0 Å². The zero-order valence-electron chi connectivity index (χ0n) is 16.8. The van der Waals surface area contributed by atoms with Gasteiger partial charge in [0.15, 0.2) is 0 Å². The Balaban J connectivity index is 1.83. The molecule has 0 amide bonds. The van der Waals surface area contributed by atoms with E-state index in [1.54, 1.807) is 7.11 Å². The summed E-state index contributed by atoms with van der Waals surface area (Å²) in [7, 11) is 1.70. The number of hydrogen-bond acceptors (Lipinski definition) is 4. The average molecular weight is 363 g/mol. The molecule has 2 N–H and O–H groups in total. The second-order valence-electron chi connectivity index (χ2n) is 7.64. The first kappa shape index (κ1) is 21.2. The summed E-state index contributed by atoms with van der Waals surface area (Å²) >= 11 is 0. The van der Waals surface area contributed by atoms with Crippen molar-refractivity contribution in [2.75, 3.05) is 26.7 Å². The van der Waals surface area contributed by atoms with Gasteiger partial charge in [0.1, 0.15) is 12.0 Å². The number of unbranched alkanes of at least 4 members (excludes halogenated alkanes) is 4. The highest BCUT2D eigenvalue weighted by atomic mass is 16.5. The van der Waals surface area contributed by atoms with Crippen molar-refractivity contribution in [3.05, 3.63) is 29.8 Å². The van der Waals surface area contributed by atoms with E-state index < -0.39 is 6.23 Å². The molecule has 1 aromatic carbocycles. The second-order valence-corrected chi connectivity index (χ2v) is 7.64. The van der Waals surface area contributed by atoms with Crippen LogP contribution in [0.15, 0.2) is 24.3 Å². The number of likely N-dealkylation sites (tertiary alicyclic amines) is 1. The fraction of sp³-hybridized carbons (Fsp3) is 0.727. The van der Waals surface area contributed by atoms with Crippen molar-refractivity contribution in [3.8, 4) is 5.75 Å². The molecule has 2 atom stereocenters. The SMILES string of the molecule is CCCCCCCC(O)N[C@@H](Cc1ccc(OC)cc1)CN1CCCC1. The summed E-state index contributed by atoms with van der Waals surface area (Å²) in [4.78, 5) is 2.52. The van der Waals surface area contributed by atoms with Crippen molar-refractivity contribution in [3.63, 3.8) is 0 Å². The Bertz CT molecular complexity index is 472. The first-order valence-electron chi connectivity index (χ1n) is 10.5. The second kappa shape index (κ2) is 12.3. The van der Waals surface area contributed by atoms with E-state index in [1.807, 2.05) is 12.1 Å². The van der Waals surface area contributed by atoms with Crippen LogP contribution in [-0.4, -0.2) is 49.0 Å². The molecule has 0 aromatic heterocycles. The molecule has 1 aromatic rings. The summed E-state index contributed by atoms with van der Waals surface area (Å²) in [5.41, 5.74) is 1.29. The number of aliphatic hydroxyl groups is 1. The van der Waals surface area contributed by atoms with Gasteiger partial charge in [0.2, 0.25) is 0 Å². The molecule has 2 rings (SSSR count). The van der Waals surface area contributed by atoms with Crippen LogP contribution in [0, 0.1) is 0 Å². The molecule has 26 heavy (non-hydrogen) atoms. The largest absolute Gasteiger partial charge is 0.497 e. The smallest absolute Gasteiger partial charge is 0.118 e. The van der Waals surface area contributed by atoms with E-state index in [2.05, 4.69) is 29.3 Å². The molecule has 148 valence electrons. The number of ether oxygens (including phenoxy) is 1. The van der Waals surface area contributed by atoms with E-state index >= 15 is 0 Å². The standard InChI is InChI=1S/C22H38N2O2/c1-3-4-5-6-7-10-22(25)23-20(18-24-15-8-9-16-24)17-19-11-13-21(26-2)14-12-19/h11-14,20,22-23,25H,3-10,15-18H2,1-2H3/t20-,22?/m0/s1. The van der Waals surface area contributed by atoms with E-state index in [9.17, 15) is 5.11 Å². The topological polar surface area (TPSA) is 44.7 Å². The van der Waals surface area contributed by atoms with Gasteiger partial charge in [0.05, 0.1) is 7.11 Å². The van der Waals surface area contributed by atoms with Gasteiger partial charge >= 0.3 is 0 Å².